The summed E-state index contributed by atoms with van der Waals surface area (Å²) in [5.41, 5.74) is 5.74. The predicted octanol–water partition coefficient (Wildman–Crippen LogP) is 2.22. The second-order valence-corrected chi connectivity index (χ2v) is 4.12. The van der Waals surface area contributed by atoms with Gasteiger partial charge in [0.05, 0.1) is 20.3 Å². The van der Waals surface area contributed by atoms with E-state index in [2.05, 4.69) is 6.92 Å². The molecule has 1 rings (SSSR count). The number of nitrogens with two attached hydrogens (primary N) is 1. The van der Waals surface area contributed by atoms with Crippen molar-refractivity contribution < 1.29 is 14.2 Å². The molecule has 0 amide bonds. The molecule has 0 heterocycles. The highest BCUT2D eigenvalue weighted by molar-refractivity contribution is 5.31. The fraction of sp³-hybridized carbons (Fsp3) is 0.571. The van der Waals surface area contributed by atoms with Gasteiger partial charge in [0.1, 0.15) is 11.5 Å². The van der Waals surface area contributed by atoms with Crippen LogP contribution in [-0.4, -0.2) is 33.0 Å². The number of hydrogen-bond donors (Lipinski definition) is 1. The van der Waals surface area contributed by atoms with E-state index in [9.17, 15) is 0 Å². The Morgan fingerprint density at radius 3 is 2.39 bits per heavy atom. The maximum Gasteiger partial charge on any atom is 0.119 e. The van der Waals surface area contributed by atoms with Crippen molar-refractivity contribution in [2.24, 2.45) is 5.73 Å². The summed E-state index contributed by atoms with van der Waals surface area (Å²) in [4.78, 5) is 0. The molecule has 0 aliphatic rings. The van der Waals surface area contributed by atoms with E-state index in [0.29, 0.717) is 19.8 Å². The maximum atomic E-state index is 5.74. The minimum atomic E-state index is 0.146. The standard InChI is InChI=1S/C14H23NO3/c1-3-12(15)11-17-9-4-10-18-14-7-5-13(16-2)6-8-14/h5-8,12H,3-4,9-11,15H2,1-2H3. The molecule has 1 atom stereocenters. The van der Waals surface area contributed by atoms with Crippen molar-refractivity contribution in [2.75, 3.05) is 26.9 Å². The molecule has 0 fully saturated rings. The second kappa shape index (κ2) is 8.78. The molecular weight excluding hydrogens is 230 g/mol. The SMILES string of the molecule is CCC(N)COCCCOc1ccc(OC)cc1. The van der Waals surface area contributed by atoms with Crippen molar-refractivity contribution in [3.63, 3.8) is 0 Å². The molecule has 4 heteroatoms. The molecule has 0 aliphatic carbocycles. The third kappa shape index (κ3) is 5.89. The summed E-state index contributed by atoms with van der Waals surface area (Å²) in [6.45, 7) is 4.01. The quantitative estimate of drug-likeness (QED) is 0.686. The average Bonchev–Trinajstić information content (AvgIpc) is 2.43. The third-order valence-corrected chi connectivity index (χ3v) is 2.62. The van der Waals surface area contributed by atoms with E-state index in [0.717, 1.165) is 24.3 Å². The molecule has 102 valence electrons. The van der Waals surface area contributed by atoms with Crippen LogP contribution in [0, 0.1) is 0 Å². The highest BCUT2D eigenvalue weighted by atomic mass is 16.5. The van der Waals surface area contributed by atoms with Gasteiger partial charge < -0.3 is 19.9 Å². The fourth-order valence-electron chi connectivity index (χ4n) is 1.38. The first-order valence-electron chi connectivity index (χ1n) is 6.36. The van der Waals surface area contributed by atoms with Gasteiger partial charge in [-0.25, -0.2) is 0 Å². The van der Waals surface area contributed by atoms with Gasteiger partial charge in [0, 0.05) is 19.1 Å². The highest BCUT2D eigenvalue weighted by Crippen LogP contribution is 2.16. The van der Waals surface area contributed by atoms with Crippen molar-refractivity contribution in [3.8, 4) is 11.5 Å². The summed E-state index contributed by atoms with van der Waals surface area (Å²) >= 11 is 0. The van der Waals surface area contributed by atoms with Crippen molar-refractivity contribution in [1.82, 2.24) is 0 Å². The molecule has 0 spiro atoms. The van der Waals surface area contributed by atoms with E-state index in [-0.39, 0.29) is 6.04 Å². The summed E-state index contributed by atoms with van der Waals surface area (Å²) < 4.78 is 16.1. The van der Waals surface area contributed by atoms with E-state index in [4.69, 9.17) is 19.9 Å². The number of ether oxygens (including phenoxy) is 3. The largest absolute Gasteiger partial charge is 0.497 e. The van der Waals surface area contributed by atoms with Crippen LogP contribution < -0.4 is 15.2 Å². The van der Waals surface area contributed by atoms with Gasteiger partial charge in [0.15, 0.2) is 0 Å². The number of methoxy groups -OCH3 is 1. The Morgan fingerprint density at radius 1 is 1.11 bits per heavy atom. The van der Waals surface area contributed by atoms with Crippen LogP contribution in [0.3, 0.4) is 0 Å². The first-order chi connectivity index (χ1) is 8.76. The molecule has 0 radical (unpaired) electrons. The van der Waals surface area contributed by atoms with Crippen LogP contribution >= 0.6 is 0 Å². The van der Waals surface area contributed by atoms with Gasteiger partial charge in [0.2, 0.25) is 0 Å². The van der Waals surface area contributed by atoms with Crippen LogP contribution in [0.15, 0.2) is 24.3 Å². The Kier molecular flexibility index (Phi) is 7.22. The van der Waals surface area contributed by atoms with Crippen LogP contribution in [0.2, 0.25) is 0 Å². The summed E-state index contributed by atoms with van der Waals surface area (Å²) in [7, 11) is 1.65. The molecule has 0 aliphatic heterocycles. The van der Waals surface area contributed by atoms with Crippen LogP contribution in [0.5, 0.6) is 11.5 Å². The third-order valence-electron chi connectivity index (χ3n) is 2.62. The molecule has 2 N–H and O–H groups in total. The number of benzene rings is 1. The Hall–Kier alpha value is -1.26. The Balaban J connectivity index is 2.06. The first kappa shape index (κ1) is 14.8. The van der Waals surface area contributed by atoms with Gasteiger partial charge in [0.25, 0.3) is 0 Å². The minimum Gasteiger partial charge on any atom is -0.497 e. The lowest BCUT2D eigenvalue weighted by molar-refractivity contribution is 0.107. The van der Waals surface area contributed by atoms with E-state index in [1.807, 2.05) is 24.3 Å². The van der Waals surface area contributed by atoms with Crippen molar-refractivity contribution in [3.05, 3.63) is 24.3 Å². The predicted molar refractivity (Wildman–Crippen MR) is 72.2 cm³/mol. The van der Waals surface area contributed by atoms with Crippen LogP contribution in [0.4, 0.5) is 0 Å². The zero-order chi connectivity index (χ0) is 13.2. The molecule has 0 saturated carbocycles. The first-order valence-corrected chi connectivity index (χ1v) is 6.36. The molecule has 0 aromatic heterocycles. The summed E-state index contributed by atoms with van der Waals surface area (Å²) in [5, 5.41) is 0. The summed E-state index contributed by atoms with van der Waals surface area (Å²) in [5.74, 6) is 1.68. The van der Waals surface area contributed by atoms with Gasteiger partial charge >= 0.3 is 0 Å². The number of hydrogen-bond acceptors (Lipinski definition) is 4. The molecular formula is C14H23NO3. The monoisotopic (exact) mass is 253 g/mol. The molecule has 1 aromatic carbocycles. The Morgan fingerprint density at radius 2 is 1.78 bits per heavy atom. The van der Waals surface area contributed by atoms with Gasteiger partial charge in [-0.15, -0.1) is 0 Å². The van der Waals surface area contributed by atoms with Crippen LogP contribution in [-0.2, 0) is 4.74 Å². The molecule has 0 saturated heterocycles. The van der Waals surface area contributed by atoms with Crippen molar-refractivity contribution in [2.45, 2.75) is 25.8 Å². The summed E-state index contributed by atoms with van der Waals surface area (Å²) in [6, 6.07) is 7.70. The zero-order valence-electron chi connectivity index (χ0n) is 11.2. The number of rotatable bonds is 9. The maximum absolute atomic E-state index is 5.74. The van der Waals surface area contributed by atoms with E-state index in [1.54, 1.807) is 7.11 Å². The van der Waals surface area contributed by atoms with Gasteiger partial charge in [-0.3, -0.25) is 0 Å². The smallest absolute Gasteiger partial charge is 0.119 e. The lowest BCUT2D eigenvalue weighted by Crippen LogP contribution is -2.25. The van der Waals surface area contributed by atoms with Crippen LogP contribution in [0.1, 0.15) is 19.8 Å². The highest BCUT2D eigenvalue weighted by Gasteiger charge is 1.99. The molecule has 18 heavy (non-hydrogen) atoms. The molecule has 1 unspecified atom stereocenters. The lowest BCUT2D eigenvalue weighted by Gasteiger charge is -2.10. The summed E-state index contributed by atoms with van der Waals surface area (Å²) in [6.07, 6.45) is 1.81. The lowest BCUT2D eigenvalue weighted by atomic mass is 10.3. The van der Waals surface area contributed by atoms with Gasteiger partial charge in [-0.2, -0.15) is 0 Å². The Bertz CT molecular complexity index is 313. The normalized spacial score (nSPS) is 12.2. The fourth-order valence-corrected chi connectivity index (χ4v) is 1.38. The van der Waals surface area contributed by atoms with E-state index in [1.165, 1.54) is 0 Å². The van der Waals surface area contributed by atoms with Crippen molar-refractivity contribution >= 4 is 0 Å². The molecule has 1 aromatic rings. The van der Waals surface area contributed by atoms with Crippen LogP contribution in [0.25, 0.3) is 0 Å². The van der Waals surface area contributed by atoms with Gasteiger partial charge in [-0.1, -0.05) is 6.92 Å². The van der Waals surface area contributed by atoms with E-state index >= 15 is 0 Å². The molecule has 4 nitrogen and oxygen atoms in total. The van der Waals surface area contributed by atoms with Crippen molar-refractivity contribution in [1.29, 1.82) is 0 Å². The topological polar surface area (TPSA) is 53.7 Å². The zero-order valence-corrected chi connectivity index (χ0v) is 11.2. The average molecular weight is 253 g/mol. The minimum absolute atomic E-state index is 0.146. The molecule has 0 bridgehead atoms. The second-order valence-electron chi connectivity index (χ2n) is 4.12. The van der Waals surface area contributed by atoms with Gasteiger partial charge in [-0.05, 0) is 30.7 Å². The Labute approximate surface area is 109 Å². The van der Waals surface area contributed by atoms with E-state index < -0.39 is 0 Å².